The van der Waals surface area contributed by atoms with E-state index in [1.807, 2.05) is 0 Å². The van der Waals surface area contributed by atoms with Gasteiger partial charge in [0.25, 0.3) is 0 Å². The lowest BCUT2D eigenvalue weighted by Gasteiger charge is -2.00. The van der Waals surface area contributed by atoms with Gasteiger partial charge in [0.2, 0.25) is 0 Å². The summed E-state index contributed by atoms with van der Waals surface area (Å²) in [5, 5.41) is 0. The zero-order valence-corrected chi connectivity index (χ0v) is 8.82. The number of methoxy groups -OCH3 is 1. The van der Waals surface area contributed by atoms with Gasteiger partial charge in [0.15, 0.2) is 0 Å². The Labute approximate surface area is 87.6 Å². The van der Waals surface area contributed by atoms with E-state index >= 15 is 0 Å². The monoisotopic (exact) mass is 227 g/mol. The highest BCUT2D eigenvalue weighted by Gasteiger charge is 2.21. The highest BCUT2D eigenvalue weighted by molar-refractivity contribution is 7.85. The molecule has 0 unspecified atom stereocenters. The fraction of sp³-hybridized carbons (Fsp3) is 0.222. The summed E-state index contributed by atoms with van der Waals surface area (Å²) in [5.74, 6) is 0.709. The van der Waals surface area contributed by atoms with Gasteiger partial charge in [-0.05, 0) is 29.8 Å². The van der Waals surface area contributed by atoms with Crippen molar-refractivity contribution in [3.63, 3.8) is 0 Å². The van der Waals surface area contributed by atoms with Crippen molar-refractivity contribution in [3.05, 3.63) is 29.8 Å². The molecule has 0 aromatic heterocycles. The largest absolute Gasteiger partial charge is 0.497 e. The number of rotatable bonds is 2. The third kappa shape index (κ3) is 2.16. The number of hydrogen-bond acceptors (Lipinski definition) is 4. The van der Waals surface area contributed by atoms with Gasteiger partial charge in [-0.1, -0.05) is 0 Å². The molecule has 80 valence electrons. The first-order chi connectivity index (χ1) is 7.11. The van der Waals surface area contributed by atoms with Crippen LogP contribution in [0.25, 0.3) is 0 Å². The molecule has 0 amide bonds. The molecule has 1 aromatic rings. The normalized spacial score (nSPS) is 18.6. The number of nitrogens with zero attached hydrogens (tertiary/aromatic N) is 1. The van der Waals surface area contributed by atoms with Crippen LogP contribution in [0.1, 0.15) is 5.56 Å². The molecule has 15 heavy (non-hydrogen) atoms. The highest BCUT2D eigenvalue weighted by atomic mass is 32.2. The topological polar surface area (TPSA) is 65.0 Å². The summed E-state index contributed by atoms with van der Waals surface area (Å²) in [6, 6.07) is 6.95. The molecule has 0 spiro atoms. The van der Waals surface area contributed by atoms with Crippen molar-refractivity contribution in [2.75, 3.05) is 13.7 Å². The van der Waals surface area contributed by atoms with E-state index in [0.717, 1.165) is 5.56 Å². The molecular weight excluding hydrogens is 218 g/mol. The molecule has 0 radical (unpaired) electrons. The number of hydrogen-bond donors (Lipinski definition) is 0. The van der Waals surface area contributed by atoms with Crippen LogP contribution in [0.2, 0.25) is 0 Å². The molecule has 6 heteroatoms. The molecule has 1 aliphatic rings. The van der Waals surface area contributed by atoms with Crippen LogP contribution in [-0.4, -0.2) is 27.8 Å². The summed E-state index contributed by atoms with van der Waals surface area (Å²) in [4.78, 5) is 0. The fourth-order valence-electron chi connectivity index (χ4n) is 1.24. The second kappa shape index (κ2) is 3.63. The van der Waals surface area contributed by atoms with Crippen LogP contribution in [0.15, 0.2) is 28.7 Å². The summed E-state index contributed by atoms with van der Waals surface area (Å²) < 4.78 is 34.8. The second-order valence-electron chi connectivity index (χ2n) is 2.96. The van der Waals surface area contributed by atoms with Crippen LogP contribution in [-0.2, 0) is 14.5 Å². The molecule has 1 aliphatic heterocycles. The predicted octanol–water partition coefficient (Wildman–Crippen LogP) is 0.759. The first kappa shape index (κ1) is 10.1. The third-order valence-corrected chi connectivity index (χ3v) is 2.85. The Morgan fingerprint density at radius 2 is 2.00 bits per heavy atom. The number of benzene rings is 1. The Hall–Kier alpha value is -1.40. The maximum atomic E-state index is 10.9. The van der Waals surface area contributed by atoms with Gasteiger partial charge in [-0.2, -0.15) is 8.42 Å². The average Bonchev–Trinajstić information content (AvgIpc) is 2.59. The molecule has 0 atom stereocenters. The maximum absolute atomic E-state index is 10.9. The van der Waals surface area contributed by atoms with Crippen molar-refractivity contribution in [1.29, 1.82) is 0 Å². The molecule has 0 fully saturated rings. The van der Waals surface area contributed by atoms with Crippen molar-refractivity contribution >= 4 is 16.0 Å². The summed E-state index contributed by atoms with van der Waals surface area (Å²) in [5.41, 5.74) is 1.13. The van der Waals surface area contributed by atoms with Crippen LogP contribution >= 0.6 is 0 Å². The van der Waals surface area contributed by atoms with E-state index in [9.17, 15) is 8.42 Å². The van der Waals surface area contributed by atoms with E-state index in [-0.39, 0.29) is 6.61 Å². The fourth-order valence-corrected chi connectivity index (χ4v) is 1.98. The SMILES string of the molecule is COc1ccc(C2=NS(=O)(=O)OC2)cc1. The first-order valence-electron chi connectivity index (χ1n) is 4.23. The smallest absolute Gasteiger partial charge is 0.381 e. The molecule has 2 rings (SSSR count). The molecule has 0 bridgehead atoms. The van der Waals surface area contributed by atoms with Crippen LogP contribution in [0.4, 0.5) is 0 Å². The highest BCUT2D eigenvalue weighted by Crippen LogP contribution is 2.16. The Bertz CT molecular complexity index is 489. The van der Waals surface area contributed by atoms with E-state index in [2.05, 4.69) is 8.58 Å². The van der Waals surface area contributed by atoms with Gasteiger partial charge in [0.05, 0.1) is 12.8 Å². The summed E-state index contributed by atoms with van der Waals surface area (Å²) in [7, 11) is -2.14. The molecule has 0 saturated heterocycles. The van der Waals surface area contributed by atoms with E-state index in [0.29, 0.717) is 11.5 Å². The van der Waals surface area contributed by atoms with Gasteiger partial charge >= 0.3 is 10.3 Å². The third-order valence-electron chi connectivity index (χ3n) is 1.99. The minimum atomic E-state index is -3.70. The van der Waals surface area contributed by atoms with Crippen LogP contribution in [0.5, 0.6) is 5.75 Å². The van der Waals surface area contributed by atoms with Crippen LogP contribution in [0.3, 0.4) is 0 Å². The average molecular weight is 227 g/mol. The van der Waals surface area contributed by atoms with E-state index in [1.165, 1.54) is 0 Å². The lowest BCUT2D eigenvalue weighted by Crippen LogP contribution is -2.02. The molecule has 0 N–H and O–H groups in total. The van der Waals surface area contributed by atoms with Crippen molar-refractivity contribution in [3.8, 4) is 5.75 Å². The molecular formula is C9H9NO4S. The van der Waals surface area contributed by atoms with Gasteiger partial charge < -0.3 is 4.74 Å². The summed E-state index contributed by atoms with van der Waals surface area (Å²) in [6.07, 6.45) is 0. The second-order valence-corrected chi connectivity index (χ2v) is 4.23. The quantitative estimate of drug-likeness (QED) is 0.748. The first-order valence-corrected chi connectivity index (χ1v) is 5.60. The zero-order chi connectivity index (χ0) is 10.9. The minimum Gasteiger partial charge on any atom is -0.497 e. The van der Waals surface area contributed by atoms with Crippen molar-refractivity contribution in [2.45, 2.75) is 0 Å². The van der Waals surface area contributed by atoms with Gasteiger partial charge in [0, 0.05) is 0 Å². The minimum absolute atomic E-state index is 0.00530. The molecule has 1 heterocycles. The van der Waals surface area contributed by atoms with Gasteiger partial charge in [-0.25, -0.2) is 4.18 Å². The Morgan fingerprint density at radius 1 is 1.33 bits per heavy atom. The van der Waals surface area contributed by atoms with Crippen molar-refractivity contribution in [2.24, 2.45) is 4.40 Å². The Kier molecular flexibility index (Phi) is 2.45. The Morgan fingerprint density at radius 3 is 2.47 bits per heavy atom. The van der Waals surface area contributed by atoms with Gasteiger partial charge in [-0.3, -0.25) is 0 Å². The molecule has 5 nitrogen and oxygen atoms in total. The van der Waals surface area contributed by atoms with E-state index in [1.54, 1.807) is 31.4 Å². The standard InChI is InChI=1S/C9H9NO4S/c1-13-8-4-2-7(3-5-8)9-6-14-15(11,12)10-9/h2-5H,6H2,1H3. The van der Waals surface area contributed by atoms with E-state index < -0.39 is 10.3 Å². The molecule has 0 saturated carbocycles. The van der Waals surface area contributed by atoms with Gasteiger partial charge in [0.1, 0.15) is 12.4 Å². The Balaban J connectivity index is 2.32. The molecule has 1 aromatic carbocycles. The van der Waals surface area contributed by atoms with Gasteiger partial charge in [-0.15, -0.1) is 4.40 Å². The lowest BCUT2D eigenvalue weighted by atomic mass is 10.1. The van der Waals surface area contributed by atoms with Crippen molar-refractivity contribution < 1.29 is 17.3 Å². The van der Waals surface area contributed by atoms with Crippen molar-refractivity contribution in [1.82, 2.24) is 0 Å². The maximum Gasteiger partial charge on any atom is 0.381 e. The predicted molar refractivity (Wildman–Crippen MR) is 54.4 cm³/mol. The lowest BCUT2D eigenvalue weighted by molar-refractivity contribution is 0.382. The number of ether oxygens (including phenoxy) is 1. The molecule has 0 aliphatic carbocycles. The summed E-state index contributed by atoms with van der Waals surface area (Å²) >= 11 is 0. The summed E-state index contributed by atoms with van der Waals surface area (Å²) in [6.45, 7) is -0.00530. The zero-order valence-electron chi connectivity index (χ0n) is 8.00. The van der Waals surface area contributed by atoms with Crippen LogP contribution in [0, 0.1) is 0 Å². The van der Waals surface area contributed by atoms with Crippen LogP contribution < -0.4 is 4.74 Å². The van der Waals surface area contributed by atoms with E-state index in [4.69, 9.17) is 4.74 Å².